The van der Waals surface area contributed by atoms with E-state index < -0.39 is 12.0 Å². The van der Waals surface area contributed by atoms with Gasteiger partial charge in [-0.25, -0.2) is 9.78 Å². The molecule has 0 aromatic carbocycles. The number of likely N-dealkylation sites (tertiary alicyclic amines) is 1. The molecule has 3 unspecified atom stereocenters. The minimum absolute atomic E-state index is 0.0177. The summed E-state index contributed by atoms with van der Waals surface area (Å²) in [6.07, 6.45) is 4.93. The summed E-state index contributed by atoms with van der Waals surface area (Å²) in [5.41, 5.74) is 0.258. The lowest BCUT2D eigenvalue weighted by molar-refractivity contribution is -0.159. The first-order valence-electron chi connectivity index (χ1n) is 14.9. The highest BCUT2D eigenvalue weighted by atomic mass is 32.1. The summed E-state index contributed by atoms with van der Waals surface area (Å²) >= 11 is 1.38. The zero-order chi connectivity index (χ0) is 30.7. The Morgan fingerprint density at radius 1 is 1.17 bits per heavy atom. The quantitative estimate of drug-likeness (QED) is 0.231. The summed E-state index contributed by atoms with van der Waals surface area (Å²) in [6.45, 7) is 12.6. The van der Waals surface area contributed by atoms with Crippen molar-refractivity contribution in [3.63, 3.8) is 0 Å². The predicted octanol–water partition coefficient (Wildman–Crippen LogP) is 4.59. The number of nitrogens with one attached hydrogen (secondary N) is 1. The van der Waals surface area contributed by atoms with Crippen LogP contribution in [0, 0.1) is 11.8 Å². The monoisotopic (exact) mass is 594 g/mol. The minimum Gasteiger partial charge on any atom is -0.464 e. The second-order valence-corrected chi connectivity index (χ2v) is 12.5. The van der Waals surface area contributed by atoms with Gasteiger partial charge in [-0.05, 0) is 51.1 Å². The molecule has 1 fully saturated rings. The van der Waals surface area contributed by atoms with Gasteiger partial charge in [0.05, 0.1) is 18.2 Å². The second-order valence-electron chi connectivity index (χ2n) is 11.6. The number of hydrogen-bond acceptors (Lipinski definition) is 9. The number of carbonyl (C=O) groups is 4. The van der Waals surface area contributed by atoms with E-state index in [0.29, 0.717) is 19.3 Å². The average molecular weight is 595 g/mol. The van der Waals surface area contributed by atoms with Crippen molar-refractivity contribution >= 4 is 35.1 Å². The molecule has 1 N–H and O–H groups in total. The molecule has 2 amide bonds. The summed E-state index contributed by atoms with van der Waals surface area (Å²) in [4.78, 5) is 60.2. The molecule has 0 spiro atoms. The first-order chi connectivity index (χ1) is 19.4. The third kappa shape index (κ3) is 9.77. The molecule has 0 bridgehead atoms. The molecule has 2 rings (SSSR count). The fourth-order valence-electron chi connectivity index (χ4n) is 5.19. The minimum atomic E-state index is -0.755. The number of hydrogen-bond donors (Lipinski definition) is 1. The number of nitrogens with zero attached hydrogens (tertiary/aromatic N) is 3. The molecular weight excluding hydrogens is 544 g/mol. The molecule has 1 aliphatic heterocycles. The van der Waals surface area contributed by atoms with Crippen LogP contribution in [-0.2, 0) is 23.9 Å². The third-order valence-electron chi connectivity index (χ3n) is 8.05. The van der Waals surface area contributed by atoms with Crippen LogP contribution in [0.3, 0.4) is 0 Å². The zero-order valence-corrected chi connectivity index (χ0v) is 26.9. The predicted molar refractivity (Wildman–Crippen MR) is 159 cm³/mol. The van der Waals surface area contributed by atoms with E-state index in [1.807, 2.05) is 48.6 Å². The van der Waals surface area contributed by atoms with E-state index in [1.165, 1.54) is 18.4 Å². The van der Waals surface area contributed by atoms with Crippen LogP contribution >= 0.6 is 11.3 Å². The number of aromatic nitrogens is 1. The Morgan fingerprint density at radius 2 is 1.88 bits per heavy atom. The van der Waals surface area contributed by atoms with E-state index in [2.05, 4.69) is 15.2 Å². The lowest BCUT2D eigenvalue weighted by Crippen LogP contribution is -2.59. The van der Waals surface area contributed by atoms with Crippen molar-refractivity contribution in [2.45, 2.75) is 111 Å². The molecule has 1 aliphatic rings. The lowest BCUT2D eigenvalue weighted by atomic mass is 9.90. The van der Waals surface area contributed by atoms with Crippen LogP contribution in [0.2, 0.25) is 0 Å². The number of amides is 2. The Bertz CT molecular complexity index is 1010. The molecule has 1 saturated heterocycles. The molecule has 11 heteroatoms. The number of esters is 2. The summed E-state index contributed by atoms with van der Waals surface area (Å²) < 4.78 is 10.4. The number of likely N-dealkylation sites (N-methyl/N-ethyl adjacent to an activating group) is 1. The van der Waals surface area contributed by atoms with Gasteiger partial charge in [-0.2, -0.15) is 0 Å². The summed E-state index contributed by atoms with van der Waals surface area (Å²) in [5.74, 6) is -1.44. The zero-order valence-electron chi connectivity index (χ0n) is 26.1. The van der Waals surface area contributed by atoms with Crippen molar-refractivity contribution in [2.75, 3.05) is 27.4 Å². The van der Waals surface area contributed by atoms with Crippen molar-refractivity contribution in [3.05, 3.63) is 16.1 Å². The van der Waals surface area contributed by atoms with Crippen LogP contribution in [-0.4, -0.2) is 84.1 Å². The molecule has 232 valence electrons. The van der Waals surface area contributed by atoms with Gasteiger partial charge in [0.25, 0.3) is 0 Å². The van der Waals surface area contributed by atoms with Gasteiger partial charge < -0.3 is 19.7 Å². The standard InChI is InChI=1S/C30H50N4O6S/c1-9-13-25(35)40-18-34(24(19(3)4)16-21(6)28-31-22(17-41-28)30(38)39-8)29(37)26(20(5)10-2)32-27(36)23-14-11-12-15-33(23)7/h17,19-21,23-24,26H,9-16,18H2,1-8H3,(H,32,36)/t20?,21-,23?,24-,26?/m1/s1. The number of piperidine rings is 1. The van der Waals surface area contributed by atoms with E-state index in [9.17, 15) is 19.2 Å². The van der Waals surface area contributed by atoms with E-state index >= 15 is 0 Å². The molecule has 1 aromatic rings. The van der Waals surface area contributed by atoms with Crippen LogP contribution in [0.25, 0.3) is 0 Å². The Kier molecular flexibility index (Phi) is 14.2. The first kappa shape index (κ1) is 34.7. The number of carbonyl (C=O) groups excluding carboxylic acids is 4. The smallest absolute Gasteiger partial charge is 0.357 e. The normalized spacial score (nSPS) is 18.7. The SMILES string of the molecule is CCCC(=O)OCN(C(=O)C(NC(=O)C1CCCCN1C)C(C)CC)[C@H](C[C@@H](C)c1nc(C(=O)OC)cs1)C(C)C. The fourth-order valence-corrected chi connectivity index (χ4v) is 6.05. The van der Waals surface area contributed by atoms with Crippen LogP contribution in [0.15, 0.2) is 5.38 Å². The van der Waals surface area contributed by atoms with Crippen molar-refractivity contribution in [3.8, 4) is 0 Å². The van der Waals surface area contributed by atoms with Crippen LogP contribution < -0.4 is 5.32 Å². The van der Waals surface area contributed by atoms with Gasteiger partial charge in [-0.3, -0.25) is 19.3 Å². The van der Waals surface area contributed by atoms with Crippen molar-refractivity contribution in [1.82, 2.24) is 20.1 Å². The highest BCUT2D eigenvalue weighted by Gasteiger charge is 2.38. The number of ether oxygens (including phenoxy) is 2. The molecular formula is C30H50N4O6S. The highest BCUT2D eigenvalue weighted by Crippen LogP contribution is 2.30. The van der Waals surface area contributed by atoms with Crippen LogP contribution in [0.5, 0.6) is 0 Å². The average Bonchev–Trinajstić information content (AvgIpc) is 3.45. The summed E-state index contributed by atoms with van der Waals surface area (Å²) in [5, 5.41) is 5.53. The molecule has 0 saturated carbocycles. The van der Waals surface area contributed by atoms with E-state index in [1.54, 1.807) is 10.3 Å². The Morgan fingerprint density at radius 3 is 2.46 bits per heavy atom. The van der Waals surface area contributed by atoms with Gasteiger partial charge in [0.1, 0.15) is 6.04 Å². The maximum absolute atomic E-state index is 14.3. The van der Waals surface area contributed by atoms with E-state index in [-0.39, 0.29) is 66.5 Å². The van der Waals surface area contributed by atoms with Gasteiger partial charge in [0.15, 0.2) is 12.4 Å². The van der Waals surface area contributed by atoms with E-state index in [0.717, 1.165) is 30.8 Å². The lowest BCUT2D eigenvalue weighted by Gasteiger charge is -2.39. The van der Waals surface area contributed by atoms with Crippen LogP contribution in [0.4, 0.5) is 0 Å². The molecule has 0 radical (unpaired) electrons. The van der Waals surface area contributed by atoms with Crippen LogP contribution in [0.1, 0.15) is 108 Å². The number of rotatable bonds is 15. The topological polar surface area (TPSA) is 118 Å². The van der Waals surface area contributed by atoms with Crippen molar-refractivity contribution < 1.29 is 28.7 Å². The molecule has 2 heterocycles. The third-order valence-corrected chi connectivity index (χ3v) is 9.13. The van der Waals surface area contributed by atoms with Gasteiger partial charge in [0, 0.05) is 23.8 Å². The maximum atomic E-state index is 14.3. The highest BCUT2D eigenvalue weighted by molar-refractivity contribution is 7.09. The first-order valence-corrected chi connectivity index (χ1v) is 15.8. The molecule has 0 aliphatic carbocycles. The van der Waals surface area contributed by atoms with Crippen molar-refractivity contribution in [2.24, 2.45) is 11.8 Å². The maximum Gasteiger partial charge on any atom is 0.357 e. The van der Waals surface area contributed by atoms with Gasteiger partial charge in [-0.15, -0.1) is 11.3 Å². The summed E-state index contributed by atoms with van der Waals surface area (Å²) in [7, 11) is 3.27. The molecule has 41 heavy (non-hydrogen) atoms. The largest absolute Gasteiger partial charge is 0.464 e. The van der Waals surface area contributed by atoms with Gasteiger partial charge in [-0.1, -0.05) is 54.4 Å². The Labute approximate surface area is 249 Å². The molecule has 5 atom stereocenters. The van der Waals surface area contributed by atoms with E-state index in [4.69, 9.17) is 9.47 Å². The number of methoxy groups -OCH3 is 1. The van der Waals surface area contributed by atoms with Gasteiger partial charge in [0.2, 0.25) is 11.8 Å². The Hall–Kier alpha value is -2.53. The summed E-state index contributed by atoms with van der Waals surface area (Å²) in [6, 6.07) is -1.33. The molecule has 1 aromatic heterocycles. The second kappa shape index (κ2) is 16.8. The molecule has 10 nitrogen and oxygen atoms in total. The number of thiazole rings is 1. The van der Waals surface area contributed by atoms with Gasteiger partial charge >= 0.3 is 11.9 Å². The fraction of sp³-hybridized carbons (Fsp3) is 0.767. The Balaban J connectivity index is 2.37. The van der Waals surface area contributed by atoms with Crippen molar-refractivity contribution in [1.29, 1.82) is 0 Å².